The van der Waals surface area contributed by atoms with Gasteiger partial charge in [0.1, 0.15) is 17.6 Å². The Kier molecular flexibility index (Phi) is 5.38. The standard InChI is InChI=1S/C18H18N2O3S/c1-22-15-8-4-14(5-9-15)18(21)20-19-10-13-2-6-16(7-3-13)23-17-11-24-12-17/h2-10,17H,11-12H2,1H3,(H,20,21)/b19-10-. The lowest BCUT2D eigenvalue weighted by Gasteiger charge is -2.25. The number of ether oxygens (including phenoxy) is 2. The van der Waals surface area contributed by atoms with E-state index in [-0.39, 0.29) is 5.91 Å². The molecule has 1 aliphatic rings. The van der Waals surface area contributed by atoms with Gasteiger partial charge in [-0.2, -0.15) is 16.9 Å². The lowest BCUT2D eigenvalue weighted by molar-refractivity contribution is 0.0955. The second kappa shape index (κ2) is 7.88. The summed E-state index contributed by atoms with van der Waals surface area (Å²) in [5.74, 6) is 3.41. The fraction of sp³-hybridized carbons (Fsp3) is 0.222. The van der Waals surface area contributed by atoms with Crippen molar-refractivity contribution < 1.29 is 14.3 Å². The molecule has 1 amide bonds. The van der Waals surface area contributed by atoms with Gasteiger partial charge in [-0.25, -0.2) is 5.43 Å². The second-order valence-corrected chi connectivity index (χ2v) is 6.35. The molecule has 0 aromatic heterocycles. The molecule has 1 heterocycles. The first-order valence-corrected chi connectivity index (χ1v) is 8.72. The fourth-order valence-electron chi connectivity index (χ4n) is 2.08. The van der Waals surface area contributed by atoms with Crippen molar-refractivity contribution in [2.75, 3.05) is 18.6 Å². The molecule has 0 unspecified atom stereocenters. The third-order valence-electron chi connectivity index (χ3n) is 3.52. The van der Waals surface area contributed by atoms with Crippen LogP contribution in [0.15, 0.2) is 53.6 Å². The maximum absolute atomic E-state index is 12.0. The van der Waals surface area contributed by atoms with E-state index in [9.17, 15) is 4.79 Å². The van der Waals surface area contributed by atoms with Crippen LogP contribution in [0.2, 0.25) is 0 Å². The van der Waals surface area contributed by atoms with Gasteiger partial charge in [0.15, 0.2) is 0 Å². The van der Waals surface area contributed by atoms with E-state index in [0.717, 1.165) is 22.8 Å². The van der Waals surface area contributed by atoms with Crippen LogP contribution in [0.3, 0.4) is 0 Å². The van der Waals surface area contributed by atoms with Crippen LogP contribution in [0, 0.1) is 0 Å². The average molecular weight is 342 g/mol. The number of methoxy groups -OCH3 is 1. The Morgan fingerprint density at radius 2 is 1.79 bits per heavy atom. The third-order valence-corrected chi connectivity index (χ3v) is 4.74. The summed E-state index contributed by atoms with van der Waals surface area (Å²) in [6.45, 7) is 0. The number of hydrogen-bond donors (Lipinski definition) is 1. The van der Waals surface area contributed by atoms with Gasteiger partial charge in [0.2, 0.25) is 0 Å². The van der Waals surface area contributed by atoms with Gasteiger partial charge in [-0.3, -0.25) is 4.79 Å². The molecule has 0 saturated carbocycles. The number of benzene rings is 2. The van der Waals surface area contributed by atoms with Crippen molar-refractivity contribution in [3.05, 3.63) is 59.7 Å². The fourth-order valence-corrected chi connectivity index (χ4v) is 2.64. The number of nitrogens with one attached hydrogen (secondary N) is 1. The maximum Gasteiger partial charge on any atom is 0.271 e. The summed E-state index contributed by atoms with van der Waals surface area (Å²) in [5, 5.41) is 3.98. The van der Waals surface area contributed by atoms with Crippen LogP contribution in [0.25, 0.3) is 0 Å². The van der Waals surface area contributed by atoms with Crippen molar-refractivity contribution in [2.24, 2.45) is 5.10 Å². The van der Waals surface area contributed by atoms with E-state index in [4.69, 9.17) is 9.47 Å². The molecule has 3 rings (SSSR count). The topological polar surface area (TPSA) is 59.9 Å². The molecule has 124 valence electrons. The van der Waals surface area contributed by atoms with Gasteiger partial charge in [0, 0.05) is 17.1 Å². The molecule has 1 saturated heterocycles. The van der Waals surface area contributed by atoms with E-state index in [1.807, 2.05) is 36.0 Å². The molecule has 1 N–H and O–H groups in total. The van der Waals surface area contributed by atoms with Crippen LogP contribution in [0.5, 0.6) is 11.5 Å². The molecule has 0 bridgehead atoms. The van der Waals surface area contributed by atoms with Crippen molar-refractivity contribution in [3.8, 4) is 11.5 Å². The van der Waals surface area contributed by atoms with Gasteiger partial charge >= 0.3 is 0 Å². The van der Waals surface area contributed by atoms with E-state index >= 15 is 0 Å². The molecule has 6 heteroatoms. The number of thioether (sulfide) groups is 1. The van der Waals surface area contributed by atoms with Crippen molar-refractivity contribution in [1.29, 1.82) is 0 Å². The average Bonchev–Trinajstić information content (AvgIpc) is 2.59. The number of carbonyl (C=O) groups is 1. The summed E-state index contributed by atoms with van der Waals surface area (Å²) in [7, 11) is 1.58. The molecule has 1 fully saturated rings. The van der Waals surface area contributed by atoms with Gasteiger partial charge in [0.25, 0.3) is 5.91 Å². The zero-order chi connectivity index (χ0) is 16.8. The number of rotatable bonds is 6. The van der Waals surface area contributed by atoms with Crippen molar-refractivity contribution >= 4 is 23.9 Å². The summed E-state index contributed by atoms with van der Waals surface area (Å²) in [6.07, 6.45) is 1.93. The smallest absolute Gasteiger partial charge is 0.271 e. The quantitative estimate of drug-likeness (QED) is 0.648. The van der Waals surface area contributed by atoms with Crippen molar-refractivity contribution in [3.63, 3.8) is 0 Å². The summed E-state index contributed by atoms with van der Waals surface area (Å²) in [4.78, 5) is 12.0. The first kappa shape index (κ1) is 16.4. The summed E-state index contributed by atoms with van der Waals surface area (Å²) in [5.41, 5.74) is 3.92. The molecular formula is C18H18N2O3S. The lowest BCUT2D eigenvalue weighted by Crippen LogP contribution is -2.30. The highest BCUT2D eigenvalue weighted by Crippen LogP contribution is 2.23. The first-order chi connectivity index (χ1) is 11.7. The van der Waals surface area contributed by atoms with Crippen LogP contribution in [-0.2, 0) is 0 Å². The lowest BCUT2D eigenvalue weighted by atomic mass is 10.2. The SMILES string of the molecule is COc1ccc(C(=O)N/N=C\c2ccc(OC3CSC3)cc2)cc1. The Balaban J connectivity index is 1.52. The number of hydrogen-bond acceptors (Lipinski definition) is 5. The highest BCUT2D eigenvalue weighted by Gasteiger charge is 2.19. The molecule has 2 aromatic rings. The minimum absolute atomic E-state index is 0.267. The Hall–Kier alpha value is -2.47. The minimum atomic E-state index is -0.267. The monoisotopic (exact) mass is 342 g/mol. The first-order valence-electron chi connectivity index (χ1n) is 7.56. The molecular weight excluding hydrogens is 324 g/mol. The molecule has 2 aromatic carbocycles. The van der Waals surface area contributed by atoms with E-state index in [2.05, 4.69) is 10.5 Å². The van der Waals surface area contributed by atoms with Crippen LogP contribution in [0.1, 0.15) is 15.9 Å². The Labute approximate surface area is 145 Å². The molecule has 1 aliphatic heterocycles. The molecule has 0 aliphatic carbocycles. The van der Waals surface area contributed by atoms with E-state index in [0.29, 0.717) is 17.4 Å². The molecule has 0 atom stereocenters. The molecule has 0 radical (unpaired) electrons. The number of nitrogens with zero attached hydrogens (tertiary/aromatic N) is 1. The van der Waals surface area contributed by atoms with Gasteiger partial charge in [-0.05, 0) is 54.1 Å². The van der Waals surface area contributed by atoms with E-state index in [1.165, 1.54) is 0 Å². The highest BCUT2D eigenvalue weighted by molar-refractivity contribution is 8.00. The molecule has 0 spiro atoms. The van der Waals surface area contributed by atoms with Crippen molar-refractivity contribution in [2.45, 2.75) is 6.10 Å². The third kappa shape index (κ3) is 4.29. The Bertz CT molecular complexity index is 710. The van der Waals surface area contributed by atoms with Gasteiger partial charge in [-0.1, -0.05) is 0 Å². The van der Waals surface area contributed by atoms with Crippen LogP contribution in [0.4, 0.5) is 0 Å². The second-order valence-electron chi connectivity index (χ2n) is 5.27. The normalized spacial score (nSPS) is 14.2. The summed E-state index contributed by atoms with van der Waals surface area (Å²) < 4.78 is 10.8. The minimum Gasteiger partial charge on any atom is -0.497 e. The summed E-state index contributed by atoms with van der Waals surface area (Å²) >= 11 is 1.89. The largest absolute Gasteiger partial charge is 0.497 e. The number of carbonyl (C=O) groups excluding carboxylic acids is 1. The van der Waals surface area contributed by atoms with Crippen LogP contribution < -0.4 is 14.9 Å². The Morgan fingerprint density at radius 3 is 2.38 bits per heavy atom. The predicted molar refractivity (Wildman–Crippen MR) is 96.2 cm³/mol. The summed E-state index contributed by atoms with van der Waals surface area (Å²) in [6, 6.07) is 14.5. The van der Waals surface area contributed by atoms with Gasteiger partial charge in [0.05, 0.1) is 13.3 Å². The van der Waals surface area contributed by atoms with Crippen LogP contribution in [-0.4, -0.2) is 36.8 Å². The van der Waals surface area contributed by atoms with Gasteiger partial charge < -0.3 is 9.47 Å². The Morgan fingerprint density at radius 1 is 1.12 bits per heavy atom. The zero-order valence-electron chi connectivity index (χ0n) is 13.3. The number of hydrazone groups is 1. The highest BCUT2D eigenvalue weighted by atomic mass is 32.2. The van der Waals surface area contributed by atoms with Gasteiger partial charge in [-0.15, -0.1) is 0 Å². The zero-order valence-corrected chi connectivity index (χ0v) is 14.1. The maximum atomic E-state index is 12.0. The van der Waals surface area contributed by atoms with Crippen molar-refractivity contribution in [1.82, 2.24) is 5.43 Å². The predicted octanol–water partition coefficient (Wildman–Crippen LogP) is 2.95. The molecule has 24 heavy (non-hydrogen) atoms. The molecule has 5 nitrogen and oxygen atoms in total. The van der Waals surface area contributed by atoms with E-state index < -0.39 is 0 Å². The van der Waals surface area contributed by atoms with Crippen LogP contribution >= 0.6 is 11.8 Å². The van der Waals surface area contributed by atoms with E-state index in [1.54, 1.807) is 37.6 Å². The number of amides is 1.